The van der Waals surface area contributed by atoms with Crippen molar-refractivity contribution in [3.05, 3.63) is 100 Å². The lowest BCUT2D eigenvalue weighted by atomic mass is 9.83. The van der Waals surface area contributed by atoms with E-state index in [2.05, 4.69) is 6.07 Å². The maximum absolute atomic E-state index is 12.6. The predicted octanol–water partition coefficient (Wildman–Crippen LogP) is 3.92. The Morgan fingerprint density at radius 3 is 2.38 bits per heavy atom. The minimum atomic E-state index is -0.564. The normalized spacial score (nSPS) is 14.3. The molecule has 34 heavy (non-hydrogen) atoms. The van der Waals surface area contributed by atoms with Crippen molar-refractivity contribution in [1.29, 1.82) is 5.26 Å². The zero-order valence-electron chi connectivity index (χ0n) is 18.4. The average Bonchev–Trinajstić information content (AvgIpc) is 2.87. The number of esters is 2. The number of hydrogen-bond donors (Lipinski definition) is 1. The van der Waals surface area contributed by atoms with E-state index in [-0.39, 0.29) is 17.2 Å². The van der Waals surface area contributed by atoms with Gasteiger partial charge < -0.3 is 24.7 Å². The van der Waals surface area contributed by atoms with Crippen LogP contribution in [0.2, 0.25) is 0 Å². The van der Waals surface area contributed by atoms with Crippen molar-refractivity contribution in [1.82, 2.24) is 0 Å². The van der Waals surface area contributed by atoms with Crippen LogP contribution in [-0.4, -0.2) is 26.2 Å². The van der Waals surface area contributed by atoms with Gasteiger partial charge in [0.15, 0.2) is 0 Å². The van der Waals surface area contributed by atoms with Crippen LogP contribution in [0.3, 0.4) is 0 Å². The number of nitrogens with two attached hydrogens (primary N) is 1. The van der Waals surface area contributed by atoms with E-state index in [4.69, 9.17) is 24.7 Å². The Morgan fingerprint density at radius 2 is 1.71 bits per heavy atom. The highest BCUT2D eigenvalue weighted by atomic mass is 16.5. The van der Waals surface area contributed by atoms with Crippen LogP contribution in [0.25, 0.3) is 0 Å². The fraction of sp³-hybridized carbons (Fsp3) is 0.115. The quantitative estimate of drug-likeness (QED) is 0.453. The number of benzene rings is 3. The molecule has 1 atom stereocenters. The lowest BCUT2D eigenvalue weighted by Gasteiger charge is -2.26. The van der Waals surface area contributed by atoms with E-state index in [0.717, 1.165) is 5.56 Å². The fourth-order valence-electron chi connectivity index (χ4n) is 3.69. The molecule has 0 fully saturated rings. The van der Waals surface area contributed by atoms with Crippen molar-refractivity contribution in [3.63, 3.8) is 0 Å². The Balaban J connectivity index is 1.66. The first-order chi connectivity index (χ1) is 16.4. The van der Waals surface area contributed by atoms with Gasteiger partial charge in [0.05, 0.1) is 31.3 Å². The van der Waals surface area contributed by atoms with Crippen LogP contribution in [-0.2, 0) is 4.74 Å². The third-order valence-corrected chi connectivity index (χ3v) is 5.37. The summed E-state index contributed by atoms with van der Waals surface area (Å²) < 4.78 is 21.1. The van der Waals surface area contributed by atoms with Crippen LogP contribution < -0.4 is 19.9 Å². The molecule has 0 amide bonds. The van der Waals surface area contributed by atoms with Crippen LogP contribution >= 0.6 is 0 Å². The van der Waals surface area contributed by atoms with Gasteiger partial charge in [-0.25, -0.2) is 9.59 Å². The molecule has 0 aliphatic carbocycles. The Labute approximate surface area is 195 Å². The molecule has 0 radical (unpaired) electrons. The zero-order valence-corrected chi connectivity index (χ0v) is 18.4. The van der Waals surface area contributed by atoms with Crippen LogP contribution in [0.1, 0.15) is 37.8 Å². The number of allylic oxidation sites excluding steroid dienone is 1. The molecular formula is C26H20N2O6. The summed E-state index contributed by atoms with van der Waals surface area (Å²) in [6.45, 7) is 0. The summed E-state index contributed by atoms with van der Waals surface area (Å²) in [6, 6.07) is 20.3. The topological polar surface area (TPSA) is 121 Å². The van der Waals surface area contributed by atoms with E-state index >= 15 is 0 Å². The molecule has 0 saturated carbocycles. The number of nitriles is 1. The van der Waals surface area contributed by atoms with Gasteiger partial charge in [-0.1, -0.05) is 24.3 Å². The fourth-order valence-corrected chi connectivity index (χ4v) is 3.69. The van der Waals surface area contributed by atoms with Gasteiger partial charge in [-0.3, -0.25) is 0 Å². The third-order valence-electron chi connectivity index (χ3n) is 5.37. The third kappa shape index (κ3) is 4.27. The summed E-state index contributed by atoms with van der Waals surface area (Å²) >= 11 is 0. The first-order valence-corrected chi connectivity index (χ1v) is 10.2. The van der Waals surface area contributed by atoms with Gasteiger partial charge in [-0.15, -0.1) is 0 Å². The molecule has 0 saturated heterocycles. The number of fused-ring (bicyclic) bond motifs is 1. The zero-order chi connectivity index (χ0) is 24.2. The molecule has 0 spiro atoms. The first-order valence-electron chi connectivity index (χ1n) is 10.2. The number of nitrogens with zero attached hydrogens (tertiary/aromatic N) is 1. The monoisotopic (exact) mass is 456 g/mol. The SMILES string of the molecule is COC(=O)c1ccc(C2C(C#N)=C(N)Oc3cc(OC(=O)c4cccc(OC)c4)ccc32)cc1. The second-order valence-corrected chi connectivity index (χ2v) is 7.36. The van der Waals surface area contributed by atoms with Crippen LogP contribution in [0.5, 0.6) is 17.2 Å². The summed E-state index contributed by atoms with van der Waals surface area (Å²) in [5.74, 6) is -0.458. The van der Waals surface area contributed by atoms with E-state index in [0.29, 0.717) is 28.2 Å². The Bertz CT molecular complexity index is 1340. The van der Waals surface area contributed by atoms with Crippen LogP contribution in [0.15, 0.2) is 78.2 Å². The summed E-state index contributed by atoms with van der Waals surface area (Å²) in [5, 5.41) is 9.72. The number of methoxy groups -OCH3 is 2. The van der Waals surface area contributed by atoms with E-state index in [1.54, 1.807) is 66.7 Å². The van der Waals surface area contributed by atoms with Gasteiger partial charge >= 0.3 is 11.9 Å². The number of carbonyl (C=O) groups is 2. The second kappa shape index (κ2) is 9.38. The van der Waals surface area contributed by atoms with E-state index in [1.807, 2.05) is 0 Å². The highest BCUT2D eigenvalue weighted by Crippen LogP contribution is 2.43. The molecule has 170 valence electrons. The molecule has 8 heteroatoms. The maximum Gasteiger partial charge on any atom is 0.343 e. The summed E-state index contributed by atoms with van der Waals surface area (Å²) in [7, 11) is 2.82. The Hall–Kier alpha value is -4.77. The van der Waals surface area contributed by atoms with Crippen molar-refractivity contribution < 1.29 is 28.5 Å². The molecule has 1 aliphatic heterocycles. The largest absolute Gasteiger partial charge is 0.497 e. The highest BCUT2D eigenvalue weighted by Gasteiger charge is 2.31. The van der Waals surface area contributed by atoms with Gasteiger partial charge in [0, 0.05) is 11.6 Å². The van der Waals surface area contributed by atoms with Crippen LogP contribution in [0.4, 0.5) is 0 Å². The molecule has 1 aliphatic rings. The summed E-state index contributed by atoms with van der Waals surface area (Å²) in [6.07, 6.45) is 0. The lowest BCUT2D eigenvalue weighted by molar-refractivity contribution is 0.0600. The molecule has 4 rings (SSSR count). The van der Waals surface area contributed by atoms with Crippen LogP contribution in [0, 0.1) is 11.3 Å². The predicted molar refractivity (Wildman–Crippen MR) is 121 cm³/mol. The van der Waals surface area contributed by atoms with E-state index in [9.17, 15) is 14.9 Å². The molecule has 3 aromatic carbocycles. The van der Waals surface area contributed by atoms with Crippen molar-refractivity contribution in [3.8, 4) is 23.3 Å². The smallest absolute Gasteiger partial charge is 0.343 e. The van der Waals surface area contributed by atoms with Crippen molar-refractivity contribution in [2.75, 3.05) is 14.2 Å². The molecule has 2 N–H and O–H groups in total. The summed E-state index contributed by atoms with van der Waals surface area (Å²) in [5.41, 5.74) is 8.39. The van der Waals surface area contributed by atoms with Crippen molar-refractivity contribution >= 4 is 11.9 Å². The number of carbonyl (C=O) groups excluding carboxylic acids is 2. The molecular weight excluding hydrogens is 436 g/mol. The van der Waals surface area contributed by atoms with Gasteiger partial charge in [0.2, 0.25) is 5.88 Å². The highest BCUT2D eigenvalue weighted by molar-refractivity contribution is 5.91. The standard InChI is InChI=1S/C26H20N2O6/c1-31-18-5-3-4-17(12-18)26(30)33-19-10-11-20-22(13-19)34-24(28)21(14-27)23(20)15-6-8-16(9-7-15)25(29)32-2/h3-13,23H,28H2,1-2H3. The lowest BCUT2D eigenvalue weighted by Crippen LogP contribution is -2.21. The van der Waals surface area contributed by atoms with Gasteiger partial charge in [0.1, 0.15) is 28.9 Å². The number of rotatable bonds is 5. The molecule has 0 aromatic heterocycles. The minimum Gasteiger partial charge on any atom is -0.497 e. The average molecular weight is 456 g/mol. The molecule has 0 bridgehead atoms. The van der Waals surface area contributed by atoms with E-state index < -0.39 is 17.9 Å². The first kappa shape index (κ1) is 22.4. The van der Waals surface area contributed by atoms with Gasteiger partial charge in [-0.2, -0.15) is 5.26 Å². The minimum absolute atomic E-state index is 0.0479. The molecule has 1 heterocycles. The van der Waals surface area contributed by atoms with Gasteiger partial charge in [-0.05, 0) is 42.0 Å². The maximum atomic E-state index is 12.6. The Kier molecular flexibility index (Phi) is 6.19. The Morgan fingerprint density at radius 1 is 0.941 bits per heavy atom. The molecule has 8 nitrogen and oxygen atoms in total. The van der Waals surface area contributed by atoms with Gasteiger partial charge in [0.25, 0.3) is 0 Å². The summed E-state index contributed by atoms with van der Waals surface area (Å²) in [4.78, 5) is 24.3. The molecule has 1 unspecified atom stereocenters. The number of ether oxygens (including phenoxy) is 4. The van der Waals surface area contributed by atoms with Crippen molar-refractivity contribution in [2.45, 2.75) is 5.92 Å². The molecule has 3 aromatic rings. The van der Waals surface area contributed by atoms with Crippen molar-refractivity contribution in [2.24, 2.45) is 5.73 Å². The second-order valence-electron chi connectivity index (χ2n) is 7.36. The number of hydrogen-bond acceptors (Lipinski definition) is 8. The van der Waals surface area contributed by atoms with E-state index in [1.165, 1.54) is 14.2 Å².